The third kappa shape index (κ3) is 3.54. The maximum atomic E-state index is 12.9. The lowest BCUT2D eigenvalue weighted by molar-refractivity contribution is 0.601. The molecule has 5 nitrogen and oxygen atoms in total. The second-order valence-corrected chi connectivity index (χ2v) is 8.66. The van der Waals surface area contributed by atoms with E-state index in [1.807, 2.05) is 56.3 Å². The van der Waals surface area contributed by atoms with Crippen molar-refractivity contribution in [2.24, 2.45) is 0 Å². The van der Waals surface area contributed by atoms with Gasteiger partial charge in [0.15, 0.2) is 5.82 Å². The SMILES string of the molecule is C=C(C)c1ccc2c(NS(=O)(=O)c3ccccc3)nn(-c3ccccc3C)c2c1. The van der Waals surface area contributed by atoms with Crippen molar-refractivity contribution >= 4 is 32.3 Å². The standard InChI is InChI=1S/C23H21N3O2S/c1-16(2)18-13-14-20-22(15-18)26(21-12-8-7-9-17(21)3)24-23(20)25-29(27,28)19-10-5-4-6-11-19/h4-15H,1H2,2-3H3,(H,24,25). The average Bonchev–Trinajstić information content (AvgIpc) is 3.06. The Bertz CT molecular complexity index is 1320. The molecule has 0 bridgehead atoms. The molecule has 0 fully saturated rings. The van der Waals surface area contributed by atoms with Crippen LogP contribution >= 0.6 is 0 Å². The lowest BCUT2D eigenvalue weighted by Crippen LogP contribution is -2.13. The number of para-hydroxylation sites is 1. The highest BCUT2D eigenvalue weighted by atomic mass is 32.2. The number of benzene rings is 3. The van der Waals surface area contributed by atoms with Gasteiger partial charge in [-0.2, -0.15) is 0 Å². The van der Waals surface area contributed by atoms with Crippen LogP contribution in [0.2, 0.25) is 0 Å². The number of hydrogen-bond donors (Lipinski definition) is 1. The van der Waals surface area contributed by atoms with Crippen molar-refractivity contribution in [3.05, 3.63) is 90.5 Å². The van der Waals surface area contributed by atoms with Gasteiger partial charge in [-0.3, -0.25) is 4.72 Å². The number of nitrogens with zero attached hydrogens (tertiary/aromatic N) is 2. The second-order valence-electron chi connectivity index (χ2n) is 6.98. The van der Waals surface area contributed by atoms with Gasteiger partial charge in [-0.1, -0.05) is 54.6 Å². The van der Waals surface area contributed by atoms with E-state index < -0.39 is 10.0 Å². The van der Waals surface area contributed by atoms with Gasteiger partial charge >= 0.3 is 0 Å². The predicted molar refractivity (Wildman–Crippen MR) is 118 cm³/mol. The van der Waals surface area contributed by atoms with Crippen LogP contribution in [0.1, 0.15) is 18.1 Å². The van der Waals surface area contributed by atoms with Crippen molar-refractivity contribution in [3.8, 4) is 5.69 Å². The minimum atomic E-state index is -3.75. The van der Waals surface area contributed by atoms with E-state index in [0.29, 0.717) is 5.82 Å². The summed E-state index contributed by atoms with van der Waals surface area (Å²) in [5.74, 6) is 0.292. The molecule has 6 heteroatoms. The summed E-state index contributed by atoms with van der Waals surface area (Å²) >= 11 is 0. The van der Waals surface area contributed by atoms with E-state index in [0.717, 1.165) is 33.3 Å². The fourth-order valence-corrected chi connectivity index (χ4v) is 4.26. The van der Waals surface area contributed by atoms with Crippen LogP contribution in [-0.4, -0.2) is 18.2 Å². The number of anilines is 1. The Morgan fingerprint density at radius 3 is 2.38 bits per heavy atom. The Morgan fingerprint density at radius 1 is 1.00 bits per heavy atom. The third-order valence-corrected chi connectivity index (χ3v) is 6.16. The Morgan fingerprint density at radius 2 is 1.69 bits per heavy atom. The summed E-state index contributed by atoms with van der Waals surface area (Å²) < 4.78 is 30.1. The molecule has 1 heterocycles. The molecule has 0 aliphatic carbocycles. The second kappa shape index (κ2) is 7.22. The van der Waals surface area contributed by atoms with Crippen LogP contribution in [-0.2, 0) is 10.0 Å². The Kier molecular flexibility index (Phi) is 4.72. The number of fused-ring (bicyclic) bond motifs is 1. The molecule has 146 valence electrons. The Balaban J connectivity index is 1.92. The molecule has 1 aromatic heterocycles. The zero-order chi connectivity index (χ0) is 20.6. The summed E-state index contributed by atoms with van der Waals surface area (Å²) in [7, 11) is -3.75. The molecular weight excluding hydrogens is 382 g/mol. The molecule has 29 heavy (non-hydrogen) atoms. The molecule has 0 aliphatic rings. The summed E-state index contributed by atoms with van der Waals surface area (Å²) in [6.45, 7) is 7.96. The van der Waals surface area contributed by atoms with Gasteiger partial charge in [-0.25, -0.2) is 13.1 Å². The number of hydrogen-bond acceptors (Lipinski definition) is 3. The van der Waals surface area contributed by atoms with E-state index >= 15 is 0 Å². The minimum absolute atomic E-state index is 0.192. The average molecular weight is 404 g/mol. The molecule has 0 unspecified atom stereocenters. The largest absolute Gasteiger partial charge is 0.263 e. The number of rotatable bonds is 5. The highest BCUT2D eigenvalue weighted by molar-refractivity contribution is 7.92. The van der Waals surface area contributed by atoms with Gasteiger partial charge in [0, 0.05) is 5.39 Å². The van der Waals surface area contributed by atoms with Gasteiger partial charge in [0.05, 0.1) is 16.1 Å². The van der Waals surface area contributed by atoms with E-state index in [1.54, 1.807) is 35.0 Å². The summed E-state index contributed by atoms with van der Waals surface area (Å²) in [4.78, 5) is 0.192. The molecule has 4 rings (SSSR count). The van der Waals surface area contributed by atoms with Gasteiger partial charge in [0.25, 0.3) is 10.0 Å². The van der Waals surface area contributed by atoms with Gasteiger partial charge in [0.1, 0.15) is 0 Å². The van der Waals surface area contributed by atoms with E-state index in [4.69, 9.17) is 0 Å². The van der Waals surface area contributed by atoms with Crippen LogP contribution in [0.4, 0.5) is 5.82 Å². The number of nitrogens with one attached hydrogen (secondary N) is 1. The van der Waals surface area contributed by atoms with Crippen molar-refractivity contribution in [1.29, 1.82) is 0 Å². The first kappa shape index (κ1) is 19.0. The zero-order valence-corrected chi connectivity index (χ0v) is 17.1. The zero-order valence-electron chi connectivity index (χ0n) is 16.3. The van der Waals surface area contributed by atoms with Crippen LogP contribution in [0.3, 0.4) is 0 Å². The number of allylic oxidation sites excluding steroid dienone is 1. The van der Waals surface area contributed by atoms with Crippen molar-refractivity contribution in [2.75, 3.05) is 4.72 Å². The number of aromatic nitrogens is 2. The molecule has 0 amide bonds. The predicted octanol–water partition coefficient (Wildman–Crippen LogP) is 5.17. The van der Waals surface area contributed by atoms with E-state index in [2.05, 4.69) is 16.4 Å². The van der Waals surface area contributed by atoms with Crippen molar-refractivity contribution in [1.82, 2.24) is 9.78 Å². The lowest BCUT2D eigenvalue weighted by Gasteiger charge is -2.08. The van der Waals surface area contributed by atoms with Crippen molar-refractivity contribution in [3.63, 3.8) is 0 Å². The summed E-state index contributed by atoms with van der Waals surface area (Å²) in [5.41, 5.74) is 4.64. The number of aryl methyl sites for hydroxylation is 1. The summed E-state index contributed by atoms with van der Waals surface area (Å²) in [6, 6.07) is 21.9. The van der Waals surface area contributed by atoms with Crippen molar-refractivity contribution in [2.45, 2.75) is 18.7 Å². The molecule has 0 atom stereocenters. The van der Waals surface area contributed by atoms with Crippen LogP contribution in [0.5, 0.6) is 0 Å². The fraction of sp³-hybridized carbons (Fsp3) is 0.0870. The fourth-order valence-electron chi connectivity index (χ4n) is 3.23. The topological polar surface area (TPSA) is 64.0 Å². The monoisotopic (exact) mass is 403 g/mol. The van der Waals surface area contributed by atoms with E-state index in [9.17, 15) is 8.42 Å². The normalized spacial score (nSPS) is 11.5. The molecule has 0 radical (unpaired) electrons. The number of sulfonamides is 1. The Labute approximate surface area is 170 Å². The van der Waals surface area contributed by atoms with Crippen LogP contribution in [0.25, 0.3) is 22.2 Å². The van der Waals surface area contributed by atoms with Gasteiger partial charge in [0.2, 0.25) is 0 Å². The highest BCUT2D eigenvalue weighted by Gasteiger charge is 2.20. The quantitative estimate of drug-likeness (QED) is 0.500. The first-order valence-electron chi connectivity index (χ1n) is 9.19. The van der Waals surface area contributed by atoms with Crippen LogP contribution in [0, 0.1) is 6.92 Å². The molecular formula is C23H21N3O2S. The molecule has 0 spiro atoms. The smallest absolute Gasteiger partial charge is 0.261 e. The molecule has 3 aromatic carbocycles. The van der Waals surface area contributed by atoms with Crippen LogP contribution < -0.4 is 4.72 Å². The Hall–Kier alpha value is -3.38. The van der Waals surface area contributed by atoms with Gasteiger partial charge in [-0.05, 0) is 55.3 Å². The van der Waals surface area contributed by atoms with Crippen molar-refractivity contribution < 1.29 is 8.42 Å². The third-order valence-electron chi connectivity index (χ3n) is 4.80. The summed E-state index contributed by atoms with van der Waals surface area (Å²) in [5, 5.41) is 5.35. The molecule has 0 saturated carbocycles. The molecule has 4 aromatic rings. The highest BCUT2D eigenvalue weighted by Crippen LogP contribution is 2.30. The van der Waals surface area contributed by atoms with Gasteiger partial charge < -0.3 is 0 Å². The first-order valence-corrected chi connectivity index (χ1v) is 10.7. The van der Waals surface area contributed by atoms with Gasteiger partial charge in [-0.15, -0.1) is 5.10 Å². The maximum Gasteiger partial charge on any atom is 0.263 e. The lowest BCUT2D eigenvalue weighted by atomic mass is 10.1. The van der Waals surface area contributed by atoms with E-state index in [-0.39, 0.29) is 4.90 Å². The molecule has 0 aliphatic heterocycles. The summed E-state index contributed by atoms with van der Waals surface area (Å²) in [6.07, 6.45) is 0. The van der Waals surface area contributed by atoms with E-state index in [1.165, 1.54) is 0 Å². The first-order chi connectivity index (χ1) is 13.9. The minimum Gasteiger partial charge on any atom is -0.261 e. The maximum absolute atomic E-state index is 12.9. The molecule has 0 saturated heterocycles. The van der Waals surface area contributed by atoms with Crippen LogP contribution in [0.15, 0.2) is 84.3 Å². The molecule has 1 N–H and O–H groups in total.